The Morgan fingerprint density at radius 2 is 1.79 bits per heavy atom. The zero-order valence-electron chi connectivity index (χ0n) is 15.3. The van der Waals surface area contributed by atoms with Crippen molar-refractivity contribution in [2.45, 2.75) is 23.8 Å². The molecule has 3 rings (SSSR count). The number of sulfonamides is 1. The summed E-state index contributed by atoms with van der Waals surface area (Å²) in [7, 11) is -2.01. The highest BCUT2D eigenvalue weighted by atomic mass is 35.5. The third-order valence-electron chi connectivity index (χ3n) is 4.63. The number of halogens is 2. The fraction of sp³-hybridized carbons (Fsp3) is 0.316. The van der Waals surface area contributed by atoms with E-state index < -0.39 is 15.8 Å². The molecule has 0 bridgehead atoms. The van der Waals surface area contributed by atoms with Crippen molar-refractivity contribution < 1.29 is 17.6 Å². The summed E-state index contributed by atoms with van der Waals surface area (Å²) >= 11 is 6.07. The van der Waals surface area contributed by atoms with Gasteiger partial charge >= 0.3 is 0 Å². The first-order valence-corrected chi connectivity index (χ1v) is 10.7. The highest BCUT2D eigenvalue weighted by Gasteiger charge is 2.23. The van der Waals surface area contributed by atoms with Crippen LogP contribution in [-0.2, 0) is 10.0 Å². The maximum absolute atomic E-state index is 13.0. The van der Waals surface area contributed by atoms with Crippen molar-refractivity contribution in [2.75, 3.05) is 24.9 Å². The van der Waals surface area contributed by atoms with E-state index in [4.69, 9.17) is 11.6 Å². The number of benzene rings is 2. The minimum atomic E-state index is -4.04. The first-order valence-electron chi connectivity index (χ1n) is 8.82. The second-order valence-electron chi connectivity index (χ2n) is 6.81. The topological polar surface area (TPSA) is 78.5 Å². The monoisotopic (exact) mass is 425 g/mol. The number of anilines is 1. The van der Waals surface area contributed by atoms with Crippen molar-refractivity contribution in [1.29, 1.82) is 0 Å². The molecule has 0 saturated carbocycles. The minimum Gasteiger partial charge on any atom is -0.349 e. The molecule has 1 heterocycles. The van der Waals surface area contributed by atoms with Gasteiger partial charge < -0.3 is 10.2 Å². The quantitative estimate of drug-likeness (QED) is 0.771. The van der Waals surface area contributed by atoms with Gasteiger partial charge in [0.25, 0.3) is 15.9 Å². The van der Waals surface area contributed by atoms with Crippen LogP contribution in [-0.4, -0.2) is 45.4 Å². The van der Waals surface area contributed by atoms with Crippen LogP contribution in [0, 0.1) is 5.82 Å². The Morgan fingerprint density at radius 3 is 2.43 bits per heavy atom. The minimum absolute atomic E-state index is 0.00884. The molecule has 0 aromatic heterocycles. The number of carbonyl (C=O) groups excluding carboxylic acids is 1. The van der Waals surface area contributed by atoms with Gasteiger partial charge in [0.1, 0.15) is 10.7 Å². The molecule has 0 radical (unpaired) electrons. The third kappa shape index (κ3) is 5.01. The van der Waals surface area contributed by atoms with Crippen LogP contribution in [0.15, 0.2) is 47.4 Å². The van der Waals surface area contributed by atoms with E-state index in [9.17, 15) is 17.6 Å². The number of rotatable bonds is 5. The molecule has 6 nitrogen and oxygen atoms in total. The van der Waals surface area contributed by atoms with Gasteiger partial charge in [0, 0.05) is 17.3 Å². The zero-order valence-corrected chi connectivity index (χ0v) is 16.9. The Labute approximate surface area is 168 Å². The number of nitrogens with zero attached hydrogens (tertiary/aromatic N) is 1. The lowest BCUT2D eigenvalue weighted by atomic mass is 10.0. The van der Waals surface area contributed by atoms with E-state index in [2.05, 4.69) is 14.9 Å². The molecule has 0 aliphatic carbocycles. The second kappa shape index (κ2) is 8.46. The first kappa shape index (κ1) is 20.6. The van der Waals surface area contributed by atoms with Crippen molar-refractivity contribution in [3.05, 3.63) is 58.9 Å². The lowest BCUT2D eigenvalue weighted by molar-refractivity contribution is 0.0916. The molecule has 1 amide bonds. The average Bonchev–Trinajstić information content (AvgIpc) is 2.65. The fourth-order valence-corrected chi connectivity index (χ4v) is 4.59. The van der Waals surface area contributed by atoms with Gasteiger partial charge in [-0.1, -0.05) is 11.6 Å². The van der Waals surface area contributed by atoms with Crippen LogP contribution in [0.1, 0.15) is 23.2 Å². The molecule has 1 saturated heterocycles. The molecule has 1 fully saturated rings. The lowest BCUT2D eigenvalue weighted by Crippen LogP contribution is -2.43. The van der Waals surface area contributed by atoms with Gasteiger partial charge in [0.05, 0.1) is 5.02 Å². The summed E-state index contributed by atoms with van der Waals surface area (Å²) in [6, 6.07) is 9.06. The van der Waals surface area contributed by atoms with E-state index in [0.29, 0.717) is 0 Å². The molecule has 1 aliphatic heterocycles. The Morgan fingerprint density at radius 1 is 1.14 bits per heavy atom. The Balaban J connectivity index is 1.78. The van der Waals surface area contributed by atoms with Gasteiger partial charge in [-0.3, -0.25) is 9.52 Å². The molecule has 28 heavy (non-hydrogen) atoms. The van der Waals surface area contributed by atoms with Crippen LogP contribution >= 0.6 is 11.6 Å². The predicted molar refractivity (Wildman–Crippen MR) is 107 cm³/mol. The molecule has 150 valence electrons. The first-order chi connectivity index (χ1) is 13.2. The highest BCUT2D eigenvalue weighted by molar-refractivity contribution is 7.92. The summed E-state index contributed by atoms with van der Waals surface area (Å²) in [6.45, 7) is 1.79. The van der Waals surface area contributed by atoms with Crippen molar-refractivity contribution in [2.24, 2.45) is 0 Å². The molecule has 9 heteroatoms. The average molecular weight is 426 g/mol. The van der Waals surface area contributed by atoms with Gasteiger partial charge in [-0.2, -0.15) is 0 Å². The number of carbonyl (C=O) groups is 1. The number of piperidine rings is 1. The fourth-order valence-electron chi connectivity index (χ4n) is 3.00. The Kier molecular flexibility index (Phi) is 6.22. The SMILES string of the molecule is CN1CCC(NC(=O)c2ccc(Cl)c(S(=O)(=O)Nc3ccc(F)cc3)c2)CC1. The number of hydrogen-bond donors (Lipinski definition) is 2. The van der Waals surface area contributed by atoms with Gasteiger partial charge in [-0.15, -0.1) is 0 Å². The smallest absolute Gasteiger partial charge is 0.263 e. The summed E-state index contributed by atoms with van der Waals surface area (Å²) in [4.78, 5) is 14.5. The molecular weight excluding hydrogens is 405 g/mol. The van der Waals surface area contributed by atoms with Gasteiger partial charge in [-0.05, 0) is 75.4 Å². The largest absolute Gasteiger partial charge is 0.349 e. The van der Waals surface area contributed by atoms with Crippen LogP contribution in [0.5, 0.6) is 0 Å². The van der Waals surface area contributed by atoms with Gasteiger partial charge in [0.15, 0.2) is 0 Å². The van der Waals surface area contributed by atoms with Crippen molar-refractivity contribution in [1.82, 2.24) is 10.2 Å². The number of nitrogens with one attached hydrogen (secondary N) is 2. The maximum atomic E-state index is 13.0. The van der Waals surface area contributed by atoms with Crippen molar-refractivity contribution >= 4 is 33.2 Å². The van der Waals surface area contributed by atoms with E-state index >= 15 is 0 Å². The molecular formula is C19H21ClFN3O3S. The predicted octanol–water partition coefficient (Wildman–Crippen LogP) is 3.10. The van der Waals surface area contributed by atoms with E-state index in [-0.39, 0.29) is 33.1 Å². The van der Waals surface area contributed by atoms with Crippen LogP contribution in [0.3, 0.4) is 0 Å². The number of hydrogen-bond acceptors (Lipinski definition) is 4. The highest BCUT2D eigenvalue weighted by Crippen LogP contribution is 2.25. The summed E-state index contributed by atoms with van der Waals surface area (Å²) in [5.41, 5.74) is 0.404. The summed E-state index contributed by atoms with van der Waals surface area (Å²) < 4.78 is 40.7. The molecule has 0 atom stereocenters. The third-order valence-corrected chi connectivity index (χ3v) is 6.50. The second-order valence-corrected chi connectivity index (χ2v) is 8.87. The zero-order chi connectivity index (χ0) is 20.3. The Bertz CT molecular complexity index is 959. The number of amides is 1. The van der Waals surface area contributed by atoms with Crippen molar-refractivity contribution in [3.63, 3.8) is 0 Å². The Hall–Kier alpha value is -2.16. The van der Waals surface area contributed by atoms with Gasteiger partial charge in [-0.25, -0.2) is 12.8 Å². The van der Waals surface area contributed by atoms with E-state index in [1.165, 1.54) is 30.3 Å². The van der Waals surface area contributed by atoms with Crippen molar-refractivity contribution in [3.8, 4) is 0 Å². The van der Waals surface area contributed by atoms with Crippen LogP contribution in [0.4, 0.5) is 10.1 Å². The molecule has 1 aliphatic rings. The van der Waals surface area contributed by atoms with Gasteiger partial charge in [0.2, 0.25) is 0 Å². The standard InChI is InChI=1S/C19H21ClFN3O3S/c1-24-10-8-15(9-11-24)22-19(25)13-2-7-17(20)18(12-13)28(26,27)23-16-5-3-14(21)4-6-16/h2-7,12,15,23H,8-11H2,1H3,(H,22,25). The molecule has 2 N–H and O–H groups in total. The normalized spacial score (nSPS) is 16.0. The molecule has 0 unspecified atom stereocenters. The van der Waals surface area contributed by atoms with Crippen LogP contribution in [0.2, 0.25) is 5.02 Å². The van der Waals surface area contributed by atoms with E-state index in [1.807, 2.05) is 7.05 Å². The van der Waals surface area contributed by atoms with Crippen LogP contribution < -0.4 is 10.0 Å². The lowest BCUT2D eigenvalue weighted by Gasteiger charge is -2.29. The van der Waals surface area contributed by atoms with E-state index in [1.54, 1.807) is 0 Å². The van der Waals surface area contributed by atoms with E-state index in [0.717, 1.165) is 38.1 Å². The molecule has 0 spiro atoms. The maximum Gasteiger partial charge on any atom is 0.263 e. The summed E-state index contributed by atoms with van der Waals surface area (Å²) in [6.07, 6.45) is 1.68. The van der Waals surface area contributed by atoms with Crippen LogP contribution in [0.25, 0.3) is 0 Å². The molecule has 2 aromatic carbocycles. The summed E-state index contributed by atoms with van der Waals surface area (Å²) in [5, 5.41) is 2.94. The summed E-state index contributed by atoms with van der Waals surface area (Å²) in [5.74, 6) is -0.821. The number of likely N-dealkylation sites (tertiary alicyclic amines) is 1. The molecule has 2 aromatic rings.